The zero-order valence-corrected chi connectivity index (χ0v) is 17.6. The van der Waals surface area contributed by atoms with E-state index in [2.05, 4.69) is 68.8 Å². The average Bonchev–Trinajstić information content (AvgIpc) is 3.25. The van der Waals surface area contributed by atoms with Crippen molar-refractivity contribution < 1.29 is 9.53 Å². The molecular weight excluding hydrogens is 376 g/mol. The van der Waals surface area contributed by atoms with E-state index in [-0.39, 0.29) is 11.9 Å². The van der Waals surface area contributed by atoms with Crippen LogP contribution in [0.5, 0.6) is 0 Å². The van der Waals surface area contributed by atoms with Gasteiger partial charge in [0.05, 0.1) is 13.0 Å². The molecule has 0 spiro atoms. The predicted octanol–water partition coefficient (Wildman–Crippen LogP) is 4.76. The number of rotatable bonds is 12. The molecule has 158 valence electrons. The van der Waals surface area contributed by atoms with Crippen molar-refractivity contribution in [3.63, 3.8) is 0 Å². The third-order valence-corrected chi connectivity index (χ3v) is 5.31. The number of benzene rings is 2. The van der Waals surface area contributed by atoms with E-state index in [0.29, 0.717) is 6.42 Å². The Hall–Kier alpha value is -3.02. The first-order valence-corrected chi connectivity index (χ1v) is 10.7. The van der Waals surface area contributed by atoms with Crippen LogP contribution in [-0.4, -0.2) is 33.3 Å². The van der Waals surface area contributed by atoms with E-state index in [1.807, 2.05) is 16.8 Å². The number of carbonyl (C=O) groups excluding carboxylic acids is 1. The van der Waals surface area contributed by atoms with Crippen molar-refractivity contribution in [3.05, 3.63) is 77.6 Å². The molecule has 6 nitrogen and oxygen atoms in total. The van der Waals surface area contributed by atoms with E-state index in [1.54, 1.807) is 0 Å². The van der Waals surface area contributed by atoms with Gasteiger partial charge in [0, 0.05) is 13.0 Å². The molecule has 3 aromatic rings. The van der Waals surface area contributed by atoms with Crippen molar-refractivity contribution in [3.8, 4) is 0 Å². The topological polar surface area (TPSA) is 69.9 Å². The number of tetrazole rings is 1. The van der Waals surface area contributed by atoms with E-state index in [4.69, 9.17) is 0 Å². The summed E-state index contributed by atoms with van der Waals surface area (Å²) in [5, 5.41) is 12.6. The van der Waals surface area contributed by atoms with Gasteiger partial charge in [0.2, 0.25) is 0 Å². The Kier molecular flexibility index (Phi) is 8.57. The molecule has 0 saturated heterocycles. The summed E-state index contributed by atoms with van der Waals surface area (Å²) in [5.41, 5.74) is 2.37. The molecule has 1 heterocycles. The maximum atomic E-state index is 11.1. The van der Waals surface area contributed by atoms with Gasteiger partial charge in [0.25, 0.3) is 0 Å². The second kappa shape index (κ2) is 11.9. The molecule has 0 fully saturated rings. The number of aryl methyl sites for hydroxylation is 1. The summed E-state index contributed by atoms with van der Waals surface area (Å²) in [4.78, 5) is 11.1. The molecule has 0 saturated carbocycles. The lowest BCUT2D eigenvalue weighted by atomic mass is 9.90. The first-order valence-electron chi connectivity index (χ1n) is 10.7. The van der Waals surface area contributed by atoms with Gasteiger partial charge in [0.15, 0.2) is 5.82 Å². The third kappa shape index (κ3) is 6.24. The van der Waals surface area contributed by atoms with E-state index in [1.165, 1.54) is 18.2 Å². The molecule has 0 aliphatic rings. The summed E-state index contributed by atoms with van der Waals surface area (Å²) < 4.78 is 6.62. The second-order valence-electron chi connectivity index (χ2n) is 7.46. The highest BCUT2D eigenvalue weighted by atomic mass is 16.5. The monoisotopic (exact) mass is 406 g/mol. The maximum absolute atomic E-state index is 11.1. The van der Waals surface area contributed by atoms with Gasteiger partial charge >= 0.3 is 5.97 Å². The highest BCUT2D eigenvalue weighted by molar-refractivity contribution is 5.68. The van der Waals surface area contributed by atoms with Crippen molar-refractivity contribution >= 4 is 5.97 Å². The molecule has 30 heavy (non-hydrogen) atoms. The van der Waals surface area contributed by atoms with Gasteiger partial charge in [-0.15, -0.1) is 5.10 Å². The summed E-state index contributed by atoms with van der Waals surface area (Å²) in [6, 6.07) is 20.8. The molecule has 0 aliphatic heterocycles. The van der Waals surface area contributed by atoms with Crippen LogP contribution >= 0.6 is 0 Å². The van der Waals surface area contributed by atoms with Gasteiger partial charge in [0.1, 0.15) is 0 Å². The number of hydrogen-bond donors (Lipinski definition) is 0. The van der Waals surface area contributed by atoms with Crippen molar-refractivity contribution in [2.75, 3.05) is 7.11 Å². The van der Waals surface area contributed by atoms with Gasteiger partial charge in [-0.1, -0.05) is 86.3 Å². The smallest absolute Gasteiger partial charge is 0.305 e. The van der Waals surface area contributed by atoms with Crippen molar-refractivity contribution in [1.29, 1.82) is 0 Å². The number of carbonyl (C=O) groups is 1. The minimum Gasteiger partial charge on any atom is -0.469 e. The lowest BCUT2D eigenvalue weighted by Gasteiger charge is -2.17. The number of ether oxygens (including phenoxy) is 1. The van der Waals surface area contributed by atoms with Gasteiger partial charge in [-0.25, -0.2) is 4.68 Å². The van der Waals surface area contributed by atoms with Crippen molar-refractivity contribution in [1.82, 2.24) is 20.2 Å². The summed E-state index contributed by atoms with van der Waals surface area (Å²) in [7, 11) is 1.44. The molecule has 0 unspecified atom stereocenters. The minimum absolute atomic E-state index is 0.0146. The average molecular weight is 407 g/mol. The van der Waals surface area contributed by atoms with Crippen LogP contribution in [0.25, 0.3) is 0 Å². The molecule has 1 aromatic heterocycles. The normalized spacial score (nSPS) is 11.0. The lowest BCUT2D eigenvalue weighted by molar-refractivity contribution is -0.140. The van der Waals surface area contributed by atoms with Gasteiger partial charge in [-0.05, 0) is 34.4 Å². The number of unbranched alkanes of at least 4 members (excludes halogenated alkanes) is 5. The molecule has 0 bridgehead atoms. The van der Waals surface area contributed by atoms with Crippen LogP contribution in [0.4, 0.5) is 0 Å². The zero-order valence-electron chi connectivity index (χ0n) is 17.6. The van der Waals surface area contributed by atoms with E-state index >= 15 is 0 Å². The van der Waals surface area contributed by atoms with Crippen LogP contribution in [-0.2, 0) is 16.1 Å². The highest BCUT2D eigenvalue weighted by Crippen LogP contribution is 2.30. The number of esters is 1. The molecule has 6 heteroatoms. The molecular formula is C24H30N4O2. The third-order valence-electron chi connectivity index (χ3n) is 5.31. The quantitative estimate of drug-likeness (QED) is 0.320. The van der Waals surface area contributed by atoms with Gasteiger partial charge in [-0.2, -0.15) is 0 Å². The Labute approximate surface area is 178 Å². The SMILES string of the molecule is COC(=O)CCCCCCCCn1nnnc1C(c1ccccc1)c1ccccc1. The number of aromatic nitrogens is 4. The van der Waals surface area contributed by atoms with Crippen LogP contribution in [0.1, 0.15) is 67.8 Å². The fraction of sp³-hybridized carbons (Fsp3) is 0.417. The van der Waals surface area contributed by atoms with Crippen LogP contribution in [0, 0.1) is 0 Å². The van der Waals surface area contributed by atoms with E-state index in [0.717, 1.165) is 50.9 Å². The molecule has 0 amide bonds. The molecule has 3 rings (SSSR count). The zero-order chi connectivity index (χ0) is 21.0. The largest absolute Gasteiger partial charge is 0.469 e. The maximum Gasteiger partial charge on any atom is 0.305 e. The molecule has 0 aliphatic carbocycles. The Bertz CT molecular complexity index is 841. The van der Waals surface area contributed by atoms with Gasteiger partial charge in [-0.3, -0.25) is 4.79 Å². The fourth-order valence-electron chi connectivity index (χ4n) is 3.70. The Morgan fingerprint density at radius 3 is 2.03 bits per heavy atom. The van der Waals surface area contributed by atoms with Crippen molar-refractivity contribution in [2.45, 2.75) is 57.4 Å². The summed E-state index contributed by atoms with van der Waals surface area (Å²) in [6.07, 6.45) is 6.93. The first-order chi connectivity index (χ1) is 14.8. The predicted molar refractivity (Wildman–Crippen MR) is 116 cm³/mol. The van der Waals surface area contributed by atoms with Crippen LogP contribution in [0.3, 0.4) is 0 Å². The van der Waals surface area contributed by atoms with E-state index < -0.39 is 0 Å². The lowest BCUT2D eigenvalue weighted by Crippen LogP contribution is -2.13. The second-order valence-corrected chi connectivity index (χ2v) is 7.46. The number of methoxy groups -OCH3 is 1. The van der Waals surface area contributed by atoms with Gasteiger partial charge < -0.3 is 4.74 Å². The minimum atomic E-state index is -0.118. The van der Waals surface area contributed by atoms with Crippen molar-refractivity contribution in [2.24, 2.45) is 0 Å². The molecule has 0 N–H and O–H groups in total. The van der Waals surface area contributed by atoms with Crippen LogP contribution in [0.15, 0.2) is 60.7 Å². The molecule has 2 aromatic carbocycles. The standard InChI is InChI=1S/C24H30N4O2/c1-30-22(29)18-12-4-2-3-5-13-19-28-24(25-26-27-28)23(20-14-8-6-9-15-20)21-16-10-7-11-17-21/h6-11,14-17,23H,2-5,12-13,18-19H2,1H3. The molecule has 0 radical (unpaired) electrons. The highest BCUT2D eigenvalue weighted by Gasteiger charge is 2.22. The summed E-state index contributed by atoms with van der Waals surface area (Å²) in [5.74, 6) is 0.777. The number of nitrogens with zero attached hydrogens (tertiary/aromatic N) is 4. The Balaban J connectivity index is 1.56. The summed E-state index contributed by atoms with van der Waals surface area (Å²) in [6.45, 7) is 0.806. The van der Waals surface area contributed by atoms with Crippen LogP contribution in [0.2, 0.25) is 0 Å². The Morgan fingerprint density at radius 2 is 1.43 bits per heavy atom. The summed E-state index contributed by atoms with van der Waals surface area (Å²) >= 11 is 0. The first kappa shape index (κ1) is 21.7. The van der Waals surface area contributed by atoms with E-state index in [9.17, 15) is 4.79 Å². The van der Waals surface area contributed by atoms with Crippen LogP contribution < -0.4 is 0 Å². The molecule has 0 atom stereocenters. The Morgan fingerprint density at radius 1 is 0.867 bits per heavy atom. The fourth-order valence-corrected chi connectivity index (χ4v) is 3.70. The number of hydrogen-bond acceptors (Lipinski definition) is 5.